The van der Waals surface area contributed by atoms with Crippen LogP contribution in [-0.2, 0) is 9.59 Å². The van der Waals surface area contributed by atoms with Gasteiger partial charge in [0.2, 0.25) is 0 Å². The monoisotopic (exact) mass is 448 g/mol. The van der Waals surface area contributed by atoms with Crippen LogP contribution in [0.15, 0.2) is 40.9 Å². The quantitative estimate of drug-likeness (QED) is 0.631. The van der Waals surface area contributed by atoms with Gasteiger partial charge in [-0.25, -0.2) is 0 Å². The Hall–Kier alpha value is -2.54. The van der Waals surface area contributed by atoms with Crippen molar-refractivity contribution in [2.75, 3.05) is 13.2 Å². The minimum atomic E-state index is -0.461. The number of amides is 2. The second-order valence-corrected chi connectivity index (χ2v) is 7.64. The molecule has 0 aliphatic carbocycles. The third-order valence-corrected chi connectivity index (χ3v) is 4.83. The summed E-state index contributed by atoms with van der Waals surface area (Å²) in [7, 11) is 0. The van der Waals surface area contributed by atoms with Crippen LogP contribution in [0.25, 0.3) is 0 Å². The van der Waals surface area contributed by atoms with Gasteiger partial charge in [0, 0.05) is 4.47 Å². The summed E-state index contributed by atoms with van der Waals surface area (Å²) in [4.78, 5) is 23.8. The molecule has 0 heterocycles. The first-order valence-corrected chi connectivity index (χ1v) is 9.75. The standard InChI is InChI=1S/C21H25BrN2O4/c1-13(2)17-10-18(22)15(4)9-19(17)28-12-21(26)24-23-20(25)11-27-16-7-5-6-14(3)8-16/h5-10,13H,11-12H2,1-4H3,(H,23,25)(H,24,26). The molecule has 7 heteroatoms. The van der Waals surface area contributed by atoms with Crippen molar-refractivity contribution in [2.45, 2.75) is 33.6 Å². The van der Waals surface area contributed by atoms with Crippen LogP contribution in [-0.4, -0.2) is 25.0 Å². The molecular formula is C21H25BrN2O4. The number of carbonyl (C=O) groups excluding carboxylic acids is 2. The molecule has 0 fully saturated rings. The molecule has 2 amide bonds. The summed E-state index contributed by atoms with van der Waals surface area (Å²) in [5.74, 6) is 0.571. The van der Waals surface area contributed by atoms with Crippen molar-refractivity contribution in [3.63, 3.8) is 0 Å². The van der Waals surface area contributed by atoms with Crippen molar-refractivity contribution in [1.29, 1.82) is 0 Å². The van der Waals surface area contributed by atoms with E-state index < -0.39 is 11.8 Å². The molecule has 0 aliphatic rings. The number of hydrogen-bond acceptors (Lipinski definition) is 4. The van der Waals surface area contributed by atoms with Gasteiger partial charge in [0.1, 0.15) is 11.5 Å². The van der Waals surface area contributed by atoms with E-state index in [4.69, 9.17) is 9.47 Å². The van der Waals surface area contributed by atoms with Crippen molar-refractivity contribution in [3.8, 4) is 11.5 Å². The van der Waals surface area contributed by atoms with Gasteiger partial charge in [-0.3, -0.25) is 20.4 Å². The summed E-state index contributed by atoms with van der Waals surface area (Å²) in [6, 6.07) is 11.3. The van der Waals surface area contributed by atoms with E-state index in [0.717, 1.165) is 21.2 Å². The molecule has 0 radical (unpaired) electrons. The predicted molar refractivity (Wildman–Crippen MR) is 111 cm³/mol. The van der Waals surface area contributed by atoms with Crippen LogP contribution in [0, 0.1) is 13.8 Å². The van der Waals surface area contributed by atoms with E-state index in [1.807, 2.05) is 44.2 Å². The van der Waals surface area contributed by atoms with Gasteiger partial charge in [-0.2, -0.15) is 0 Å². The van der Waals surface area contributed by atoms with Gasteiger partial charge in [-0.05, 0) is 60.7 Å². The Morgan fingerprint density at radius 2 is 1.64 bits per heavy atom. The van der Waals surface area contributed by atoms with Crippen LogP contribution in [0.4, 0.5) is 0 Å². The normalized spacial score (nSPS) is 10.5. The highest BCUT2D eigenvalue weighted by atomic mass is 79.9. The fourth-order valence-corrected chi connectivity index (χ4v) is 2.82. The largest absolute Gasteiger partial charge is 0.484 e. The van der Waals surface area contributed by atoms with Gasteiger partial charge in [0.15, 0.2) is 13.2 Å². The van der Waals surface area contributed by atoms with Gasteiger partial charge in [-0.1, -0.05) is 41.9 Å². The zero-order valence-corrected chi connectivity index (χ0v) is 18.1. The third-order valence-electron chi connectivity index (χ3n) is 3.97. The molecule has 2 aromatic carbocycles. The number of nitrogens with one attached hydrogen (secondary N) is 2. The Kier molecular flexibility index (Phi) is 7.87. The molecule has 0 unspecified atom stereocenters. The van der Waals surface area contributed by atoms with E-state index in [1.54, 1.807) is 6.07 Å². The molecule has 0 aliphatic heterocycles. The molecule has 2 rings (SSSR count). The number of aryl methyl sites for hydroxylation is 2. The molecule has 0 spiro atoms. The summed E-state index contributed by atoms with van der Waals surface area (Å²) in [5, 5.41) is 0. The summed E-state index contributed by atoms with van der Waals surface area (Å²) in [6.07, 6.45) is 0. The third kappa shape index (κ3) is 6.56. The maximum absolute atomic E-state index is 12.0. The molecule has 0 saturated carbocycles. The number of ether oxygens (including phenoxy) is 2. The molecule has 0 aromatic heterocycles. The number of carbonyl (C=O) groups is 2. The van der Waals surface area contributed by atoms with E-state index >= 15 is 0 Å². The highest BCUT2D eigenvalue weighted by molar-refractivity contribution is 9.10. The van der Waals surface area contributed by atoms with Crippen molar-refractivity contribution < 1.29 is 19.1 Å². The zero-order chi connectivity index (χ0) is 20.7. The minimum absolute atomic E-state index is 0.200. The fourth-order valence-electron chi connectivity index (χ4n) is 2.46. The number of halogens is 1. The Morgan fingerprint density at radius 1 is 1.00 bits per heavy atom. The number of hydrogen-bond donors (Lipinski definition) is 2. The van der Waals surface area contributed by atoms with Crippen LogP contribution in [0.2, 0.25) is 0 Å². The van der Waals surface area contributed by atoms with Crippen molar-refractivity contribution >= 4 is 27.7 Å². The SMILES string of the molecule is Cc1cccc(OCC(=O)NNC(=O)COc2cc(C)c(Br)cc2C(C)C)c1. The predicted octanol–water partition coefficient (Wildman–Crippen LogP) is 3.79. The van der Waals surface area contributed by atoms with Gasteiger partial charge >= 0.3 is 0 Å². The minimum Gasteiger partial charge on any atom is -0.484 e. The molecule has 150 valence electrons. The summed E-state index contributed by atoms with van der Waals surface area (Å²) < 4.78 is 12.0. The molecule has 2 N–H and O–H groups in total. The molecule has 28 heavy (non-hydrogen) atoms. The summed E-state index contributed by atoms with van der Waals surface area (Å²) in [5.41, 5.74) is 7.68. The molecule has 2 aromatic rings. The first kappa shape index (κ1) is 21.8. The zero-order valence-electron chi connectivity index (χ0n) is 16.5. The van der Waals surface area contributed by atoms with Gasteiger partial charge < -0.3 is 9.47 Å². The molecular weight excluding hydrogens is 424 g/mol. The first-order chi connectivity index (χ1) is 13.3. The van der Waals surface area contributed by atoms with Crippen LogP contribution >= 0.6 is 15.9 Å². The van der Waals surface area contributed by atoms with Gasteiger partial charge in [-0.15, -0.1) is 0 Å². The van der Waals surface area contributed by atoms with E-state index in [9.17, 15) is 9.59 Å². The van der Waals surface area contributed by atoms with Crippen LogP contribution in [0.5, 0.6) is 11.5 Å². The fraction of sp³-hybridized carbons (Fsp3) is 0.333. The van der Waals surface area contributed by atoms with Gasteiger partial charge in [0.25, 0.3) is 11.8 Å². The van der Waals surface area contributed by atoms with E-state index in [1.165, 1.54) is 0 Å². The maximum atomic E-state index is 12.0. The number of rotatable bonds is 7. The van der Waals surface area contributed by atoms with E-state index in [0.29, 0.717) is 11.5 Å². The average Bonchev–Trinajstić information content (AvgIpc) is 2.65. The lowest BCUT2D eigenvalue weighted by Crippen LogP contribution is -2.45. The lowest BCUT2D eigenvalue weighted by molar-refractivity contribution is -0.131. The van der Waals surface area contributed by atoms with Gasteiger partial charge in [0.05, 0.1) is 0 Å². The molecule has 0 bridgehead atoms. The Labute approximate surface area is 173 Å². The summed E-state index contributed by atoms with van der Waals surface area (Å²) >= 11 is 3.51. The molecule has 0 atom stereocenters. The summed E-state index contributed by atoms with van der Waals surface area (Å²) in [6.45, 7) is 7.59. The lowest BCUT2D eigenvalue weighted by Gasteiger charge is -2.16. The average molecular weight is 449 g/mol. The van der Waals surface area contributed by atoms with E-state index in [2.05, 4.69) is 40.6 Å². The van der Waals surface area contributed by atoms with Crippen LogP contribution < -0.4 is 20.3 Å². The second kappa shape index (κ2) is 10.1. The second-order valence-electron chi connectivity index (χ2n) is 6.78. The first-order valence-electron chi connectivity index (χ1n) is 8.96. The van der Waals surface area contributed by atoms with Crippen molar-refractivity contribution in [3.05, 3.63) is 57.6 Å². The smallest absolute Gasteiger partial charge is 0.276 e. The molecule has 6 nitrogen and oxygen atoms in total. The topological polar surface area (TPSA) is 76.7 Å². The van der Waals surface area contributed by atoms with Crippen LogP contribution in [0.3, 0.4) is 0 Å². The van der Waals surface area contributed by atoms with E-state index in [-0.39, 0.29) is 19.1 Å². The lowest BCUT2D eigenvalue weighted by atomic mass is 10.0. The molecule has 0 saturated heterocycles. The number of benzene rings is 2. The highest BCUT2D eigenvalue weighted by Crippen LogP contribution is 2.32. The van der Waals surface area contributed by atoms with Crippen LogP contribution in [0.1, 0.15) is 36.5 Å². The highest BCUT2D eigenvalue weighted by Gasteiger charge is 2.13. The van der Waals surface area contributed by atoms with Crippen molar-refractivity contribution in [2.24, 2.45) is 0 Å². The van der Waals surface area contributed by atoms with Crippen molar-refractivity contribution in [1.82, 2.24) is 10.9 Å². The maximum Gasteiger partial charge on any atom is 0.276 e. The Morgan fingerprint density at radius 3 is 2.25 bits per heavy atom. The Bertz CT molecular complexity index is 852. The Balaban J connectivity index is 1.80. The number of hydrazine groups is 1.